The van der Waals surface area contributed by atoms with Gasteiger partial charge in [-0.05, 0) is 25.5 Å². The van der Waals surface area contributed by atoms with Gasteiger partial charge in [-0.15, -0.1) is 0 Å². The average Bonchev–Trinajstić information content (AvgIpc) is 2.47. The second kappa shape index (κ2) is 7.15. The summed E-state index contributed by atoms with van der Waals surface area (Å²) in [6.45, 7) is 3.33. The molecule has 0 heterocycles. The topological polar surface area (TPSA) is 108 Å². The van der Waals surface area contributed by atoms with Crippen LogP contribution in [-0.4, -0.2) is 26.5 Å². The van der Waals surface area contributed by atoms with E-state index in [1.165, 1.54) is 25.4 Å². The fraction of sp³-hybridized carbons (Fsp3) is 0.214. The largest absolute Gasteiger partial charge is 0.396 e. The van der Waals surface area contributed by atoms with E-state index in [4.69, 9.17) is 23.2 Å². The summed E-state index contributed by atoms with van der Waals surface area (Å²) in [4.78, 5) is 3.73. The van der Waals surface area contributed by atoms with Crippen LogP contribution in [0.1, 0.15) is 18.1 Å². The Hall–Kier alpha value is -2.24. The summed E-state index contributed by atoms with van der Waals surface area (Å²) in [7, 11) is -2.34. The summed E-state index contributed by atoms with van der Waals surface area (Å²) in [5.74, 6) is 0. The molecule has 1 aromatic rings. The first-order valence-electron chi connectivity index (χ1n) is 6.23. The van der Waals surface area contributed by atoms with Crippen molar-refractivity contribution >= 4 is 44.7 Å². The number of allylic oxidation sites excluding steroid dienone is 2. The van der Waals surface area contributed by atoms with Crippen molar-refractivity contribution in [2.75, 3.05) is 17.5 Å². The number of nitrogen functional groups attached to an aromatic ring is 1. The maximum Gasteiger partial charge on any atom is 0.263 e. The van der Waals surface area contributed by atoms with Crippen LogP contribution in [0.15, 0.2) is 28.1 Å². The van der Waals surface area contributed by atoms with Gasteiger partial charge in [0.1, 0.15) is 15.8 Å². The predicted octanol–water partition coefficient (Wildman–Crippen LogP) is 2.16. The third-order valence-corrected chi connectivity index (χ3v) is 4.62. The molecule has 0 aliphatic carbocycles. The fourth-order valence-corrected chi connectivity index (χ4v) is 3.22. The van der Waals surface area contributed by atoms with Crippen molar-refractivity contribution in [1.82, 2.24) is 0 Å². The Bertz CT molecular complexity index is 803. The lowest BCUT2D eigenvalue weighted by Gasteiger charge is -2.14. The maximum absolute atomic E-state index is 12.3. The summed E-state index contributed by atoms with van der Waals surface area (Å²) in [6, 6.07) is 5.03. The van der Waals surface area contributed by atoms with Crippen molar-refractivity contribution in [3.8, 4) is 6.07 Å². The molecule has 22 heavy (non-hydrogen) atoms. The molecule has 0 amide bonds. The Balaban J connectivity index is 3.37. The molecule has 116 valence electrons. The number of anilines is 2. The first kappa shape index (κ1) is 17.8. The highest BCUT2D eigenvalue weighted by Crippen LogP contribution is 2.28. The zero-order chi connectivity index (χ0) is 16.9. The number of aliphatic imine (C=N–C) groups is 1. The first-order chi connectivity index (χ1) is 10.3. The van der Waals surface area contributed by atoms with Crippen LogP contribution < -0.4 is 10.5 Å². The van der Waals surface area contributed by atoms with Gasteiger partial charge in [0.25, 0.3) is 10.0 Å². The molecule has 0 spiro atoms. The Morgan fingerprint density at radius 2 is 2.14 bits per heavy atom. The van der Waals surface area contributed by atoms with E-state index in [0.717, 1.165) is 0 Å². The van der Waals surface area contributed by atoms with Crippen LogP contribution in [0.4, 0.5) is 11.4 Å². The van der Waals surface area contributed by atoms with Crippen LogP contribution in [-0.2, 0) is 10.0 Å². The molecule has 0 saturated heterocycles. The zero-order valence-electron chi connectivity index (χ0n) is 12.4. The van der Waals surface area contributed by atoms with E-state index in [-0.39, 0.29) is 21.1 Å². The normalized spacial score (nSPS) is 12.2. The Morgan fingerprint density at radius 3 is 2.64 bits per heavy atom. The Morgan fingerprint density at radius 1 is 1.50 bits per heavy atom. The Labute approximate surface area is 135 Å². The zero-order valence-corrected chi connectivity index (χ0v) is 14.0. The predicted molar refractivity (Wildman–Crippen MR) is 93.6 cm³/mol. The van der Waals surface area contributed by atoms with Crippen molar-refractivity contribution in [2.24, 2.45) is 4.99 Å². The summed E-state index contributed by atoms with van der Waals surface area (Å²) in [5, 5.41) is 8.94. The first-order valence-corrected chi connectivity index (χ1v) is 8.12. The number of benzene rings is 1. The molecule has 6 nitrogen and oxygen atoms in total. The minimum Gasteiger partial charge on any atom is -0.396 e. The number of rotatable bonds is 5. The lowest BCUT2D eigenvalue weighted by atomic mass is 10.0. The number of hydrogen-bond donors (Lipinski definition) is 2. The quantitative estimate of drug-likeness (QED) is 0.371. The van der Waals surface area contributed by atoms with E-state index >= 15 is 0 Å². The van der Waals surface area contributed by atoms with Crippen LogP contribution in [0.25, 0.3) is 0 Å². The third-order valence-electron chi connectivity index (χ3n) is 2.88. The molecule has 3 N–H and O–H groups in total. The molecular weight excluding hydrogens is 320 g/mol. The molecule has 0 radical (unpaired) electrons. The lowest BCUT2D eigenvalue weighted by molar-refractivity contribution is 0.608. The summed E-state index contributed by atoms with van der Waals surface area (Å²) < 4.78 is 27.0. The number of nitriles is 1. The Kier molecular flexibility index (Phi) is 5.79. The second-order valence-corrected chi connectivity index (χ2v) is 6.43. The molecule has 8 heteroatoms. The highest BCUT2D eigenvalue weighted by atomic mass is 32.2. The monoisotopic (exact) mass is 336 g/mol. The standard InChI is InChI=1S/C14H16N4O2S2/c1-4-10(8-17-3)22(19,20)18-11-6-5-9(2)13(14(11)16)12(21)7-15/h4-6,8,18H,16H2,1-3H3/b10-4+,17-8?. The highest BCUT2D eigenvalue weighted by molar-refractivity contribution is 7.97. The molecule has 0 aliphatic rings. The van der Waals surface area contributed by atoms with Crippen molar-refractivity contribution in [3.63, 3.8) is 0 Å². The minimum atomic E-state index is -3.82. The van der Waals surface area contributed by atoms with E-state index in [1.54, 1.807) is 19.9 Å². The molecular formula is C14H16N4O2S2. The van der Waals surface area contributed by atoms with E-state index in [0.29, 0.717) is 11.1 Å². The van der Waals surface area contributed by atoms with Crippen molar-refractivity contribution < 1.29 is 8.42 Å². The van der Waals surface area contributed by atoms with Crippen LogP contribution in [0.5, 0.6) is 0 Å². The van der Waals surface area contributed by atoms with E-state index in [1.807, 2.05) is 6.07 Å². The molecule has 1 rings (SSSR count). The second-order valence-electron chi connectivity index (χ2n) is 4.34. The van der Waals surface area contributed by atoms with E-state index in [2.05, 4.69) is 9.71 Å². The maximum atomic E-state index is 12.3. The van der Waals surface area contributed by atoms with Gasteiger partial charge in [0.15, 0.2) is 0 Å². The van der Waals surface area contributed by atoms with Crippen LogP contribution in [0, 0.1) is 18.3 Å². The van der Waals surface area contributed by atoms with Crippen molar-refractivity contribution in [2.45, 2.75) is 13.8 Å². The van der Waals surface area contributed by atoms with Gasteiger partial charge in [0, 0.05) is 18.8 Å². The van der Waals surface area contributed by atoms with Gasteiger partial charge in [-0.1, -0.05) is 24.4 Å². The molecule has 0 bridgehead atoms. The van der Waals surface area contributed by atoms with Gasteiger partial charge in [-0.25, -0.2) is 8.42 Å². The van der Waals surface area contributed by atoms with Crippen LogP contribution >= 0.6 is 12.2 Å². The number of nitrogens with one attached hydrogen (secondary N) is 1. The van der Waals surface area contributed by atoms with Gasteiger partial charge in [0.05, 0.1) is 11.4 Å². The summed E-state index contributed by atoms with van der Waals surface area (Å²) in [5.41, 5.74) is 7.32. The SMILES string of the molecule is C/C=C(\C=NC)S(=O)(=O)Nc1ccc(C)c(C(=S)C#N)c1N. The van der Waals surface area contributed by atoms with E-state index in [9.17, 15) is 8.42 Å². The van der Waals surface area contributed by atoms with E-state index < -0.39 is 10.0 Å². The molecule has 0 unspecified atom stereocenters. The fourth-order valence-electron chi connectivity index (χ4n) is 1.80. The van der Waals surface area contributed by atoms with Gasteiger partial charge >= 0.3 is 0 Å². The number of nitrogens with two attached hydrogens (primary N) is 1. The highest BCUT2D eigenvalue weighted by Gasteiger charge is 2.19. The summed E-state index contributed by atoms with van der Waals surface area (Å²) in [6.07, 6.45) is 2.65. The number of nitrogens with zero attached hydrogens (tertiary/aromatic N) is 2. The average molecular weight is 336 g/mol. The van der Waals surface area contributed by atoms with Gasteiger partial charge in [-0.3, -0.25) is 9.71 Å². The number of thiocarbonyl (C=S) groups is 1. The number of hydrogen-bond acceptors (Lipinski definition) is 6. The summed E-state index contributed by atoms with van der Waals surface area (Å²) >= 11 is 4.96. The molecule has 0 fully saturated rings. The van der Waals surface area contributed by atoms with Gasteiger partial charge in [0.2, 0.25) is 0 Å². The third kappa shape index (κ3) is 3.69. The van der Waals surface area contributed by atoms with Gasteiger partial charge in [-0.2, -0.15) is 5.26 Å². The molecule has 0 aliphatic heterocycles. The van der Waals surface area contributed by atoms with Crippen molar-refractivity contribution in [3.05, 3.63) is 34.2 Å². The van der Waals surface area contributed by atoms with Crippen LogP contribution in [0.2, 0.25) is 0 Å². The van der Waals surface area contributed by atoms with Crippen LogP contribution in [0.3, 0.4) is 0 Å². The van der Waals surface area contributed by atoms with Crippen molar-refractivity contribution in [1.29, 1.82) is 5.26 Å². The lowest BCUT2D eigenvalue weighted by Crippen LogP contribution is -2.18. The van der Waals surface area contributed by atoms with Gasteiger partial charge < -0.3 is 5.73 Å². The molecule has 0 atom stereocenters. The number of aryl methyl sites for hydroxylation is 1. The molecule has 0 saturated carbocycles. The number of sulfonamides is 1. The smallest absolute Gasteiger partial charge is 0.263 e. The molecule has 1 aromatic carbocycles. The molecule has 0 aromatic heterocycles. The minimum absolute atomic E-state index is 0.0115.